The number of aryl methyl sites for hydroxylation is 1. The number of imidazole rings is 1. The molecule has 0 saturated carbocycles. The van der Waals surface area contributed by atoms with Crippen molar-refractivity contribution in [2.45, 2.75) is 64.1 Å². The zero-order valence-electron chi connectivity index (χ0n) is 12.2. The van der Waals surface area contributed by atoms with Crippen LogP contribution < -0.4 is 5.73 Å². The Kier molecular flexibility index (Phi) is 3.63. The summed E-state index contributed by atoms with van der Waals surface area (Å²) >= 11 is 0. The SMILES string of the molecule is CC(C)N1CCC(c2cn3c(n2)CC(N)CC3)CC1. The largest absolute Gasteiger partial charge is 0.335 e. The Hall–Kier alpha value is -0.870. The van der Waals surface area contributed by atoms with E-state index in [1.807, 2.05) is 0 Å². The van der Waals surface area contributed by atoms with Crippen LogP contribution in [-0.4, -0.2) is 39.6 Å². The van der Waals surface area contributed by atoms with Gasteiger partial charge in [-0.05, 0) is 46.2 Å². The molecule has 0 radical (unpaired) electrons. The maximum Gasteiger partial charge on any atom is 0.110 e. The van der Waals surface area contributed by atoms with Crippen molar-refractivity contribution in [3.8, 4) is 0 Å². The second-order valence-electron chi connectivity index (χ2n) is 6.43. The molecule has 0 amide bonds. The molecule has 1 atom stereocenters. The molecular weight excluding hydrogens is 236 g/mol. The molecule has 3 rings (SSSR count). The predicted octanol–water partition coefficient (Wildman–Crippen LogP) is 1.74. The number of piperidine rings is 1. The van der Waals surface area contributed by atoms with Crippen LogP contribution in [0.5, 0.6) is 0 Å². The van der Waals surface area contributed by atoms with Crippen molar-refractivity contribution >= 4 is 0 Å². The van der Waals surface area contributed by atoms with Gasteiger partial charge in [-0.25, -0.2) is 4.98 Å². The maximum atomic E-state index is 6.03. The van der Waals surface area contributed by atoms with E-state index < -0.39 is 0 Å². The first-order valence-corrected chi connectivity index (χ1v) is 7.69. The third-order valence-corrected chi connectivity index (χ3v) is 4.74. The van der Waals surface area contributed by atoms with Gasteiger partial charge in [-0.3, -0.25) is 0 Å². The lowest BCUT2D eigenvalue weighted by Crippen LogP contribution is -2.37. The van der Waals surface area contributed by atoms with Gasteiger partial charge in [0.25, 0.3) is 0 Å². The van der Waals surface area contributed by atoms with E-state index in [2.05, 4.69) is 29.5 Å². The Morgan fingerprint density at radius 2 is 1.95 bits per heavy atom. The molecule has 4 nitrogen and oxygen atoms in total. The summed E-state index contributed by atoms with van der Waals surface area (Å²) in [7, 11) is 0. The Morgan fingerprint density at radius 1 is 1.21 bits per heavy atom. The van der Waals surface area contributed by atoms with Crippen molar-refractivity contribution in [3.05, 3.63) is 17.7 Å². The molecule has 106 valence electrons. The second-order valence-corrected chi connectivity index (χ2v) is 6.43. The Morgan fingerprint density at radius 3 is 2.63 bits per heavy atom. The van der Waals surface area contributed by atoms with Crippen LogP contribution in [0, 0.1) is 0 Å². The van der Waals surface area contributed by atoms with Crippen molar-refractivity contribution in [1.82, 2.24) is 14.5 Å². The number of nitrogens with zero attached hydrogens (tertiary/aromatic N) is 3. The van der Waals surface area contributed by atoms with Gasteiger partial charge in [0, 0.05) is 37.2 Å². The van der Waals surface area contributed by atoms with E-state index in [-0.39, 0.29) is 0 Å². The lowest BCUT2D eigenvalue weighted by atomic mass is 9.93. The lowest BCUT2D eigenvalue weighted by Gasteiger charge is -2.33. The quantitative estimate of drug-likeness (QED) is 0.883. The van der Waals surface area contributed by atoms with Crippen molar-refractivity contribution < 1.29 is 0 Å². The van der Waals surface area contributed by atoms with E-state index >= 15 is 0 Å². The Labute approximate surface area is 116 Å². The van der Waals surface area contributed by atoms with Gasteiger partial charge in [-0.15, -0.1) is 0 Å². The summed E-state index contributed by atoms with van der Waals surface area (Å²) in [6, 6.07) is 0.986. The summed E-state index contributed by atoms with van der Waals surface area (Å²) < 4.78 is 2.33. The standard InChI is InChI=1S/C15H26N4/c1-11(2)18-6-3-12(4-7-18)14-10-19-8-5-13(16)9-15(19)17-14/h10-13H,3-9,16H2,1-2H3. The first-order valence-electron chi connectivity index (χ1n) is 7.69. The molecule has 1 unspecified atom stereocenters. The summed E-state index contributed by atoms with van der Waals surface area (Å²) in [5, 5.41) is 0. The number of likely N-dealkylation sites (tertiary alicyclic amines) is 1. The summed E-state index contributed by atoms with van der Waals surface area (Å²) in [6.45, 7) is 8.05. The van der Waals surface area contributed by atoms with Gasteiger partial charge in [0.2, 0.25) is 0 Å². The molecule has 1 aromatic rings. The highest BCUT2D eigenvalue weighted by molar-refractivity contribution is 5.13. The number of nitrogens with two attached hydrogens (primary N) is 1. The van der Waals surface area contributed by atoms with Crippen LogP contribution in [0.3, 0.4) is 0 Å². The molecule has 1 saturated heterocycles. The molecule has 0 aromatic carbocycles. The predicted molar refractivity (Wildman–Crippen MR) is 77.2 cm³/mol. The van der Waals surface area contributed by atoms with E-state index in [1.165, 1.54) is 37.4 Å². The van der Waals surface area contributed by atoms with Crippen LogP contribution in [-0.2, 0) is 13.0 Å². The molecule has 1 fully saturated rings. The van der Waals surface area contributed by atoms with E-state index in [0.29, 0.717) is 18.0 Å². The summed E-state index contributed by atoms with van der Waals surface area (Å²) in [5.41, 5.74) is 7.34. The van der Waals surface area contributed by atoms with Gasteiger partial charge >= 0.3 is 0 Å². The zero-order valence-corrected chi connectivity index (χ0v) is 12.2. The van der Waals surface area contributed by atoms with Crippen LogP contribution in [0.25, 0.3) is 0 Å². The van der Waals surface area contributed by atoms with Gasteiger partial charge < -0.3 is 15.2 Å². The molecule has 0 bridgehead atoms. The third kappa shape index (κ3) is 2.70. The molecule has 2 aliphatic heterocycles. The Bertz CT molecular complexity index is 429. The molecule has 19 heavy (non-hydrogen) atoms. The maximum absolute atomic E-state index is 6.03. The lowest BCUT2D eigenvalue weighted by molar-refractivity contribution is 0.171. The smallest absolute Gasteiger partial charge is 0.110 e. The van der Waals surface area contributed by atoms with Crippen LogP contribution in [0.2, 0.25) is 0 Å². The van der Waals surface area contributed by atoms with E-state index in [9.17, 15) is 0 Å². The number of fused-ring (bicyclic) bond motifs is 1. The van der Waals surface area contributed by atoms with Crippen molar-refractivity contribution in [2.24, 2.45) is 5.73 Å². The van der Waals surface area contributed by atoms with Crippen LogP contribution in [0.4, 0.5) is 0 Å². The third-order valence-electron chi connectivity index (χ3n) is 4.74. The highest BCUT2D eigenvalue weighted by Crippen LogP contribution is 2.29. The summed E-state index contributed by atoms with van der Waals surface area (Å²) in [6.07, 6.45) is 6.83. The van der Waals surface area contributed by atoms with Crippen LogP contribution in [0.1, 0.15) is 50.5 Å². The number of rotatable bonds is 2. The van der Waals surface area contributed by atoms with E-state index in [1.54, 1.807) is 0 Å². The average molecular weight is 262 g/mol. The van der Waals surface area contributed by atoms with Gasteiger partial charge in [0.1, 0.15) is 5.82 Å². The summed E-state index contributed by atoms with van der Waals surface area (Å²) in [4.78, 5) is 7.43. The minimum atomic E-state index is 0.311. The van der Waals surface area contributed by atoms with Crippen molar-refractivity contribution in [1.29, 1.82) is 0 Å². The fraction of sp³-hybridized carbons (Fsp3) is 0.800. The number of aromatic nitrogens is 2. The molecule has 0 aliphatic carbocycles. The highest BCUT2D eigenvalue weighted by Gasteiger charge is 2.26. The topological polar surface area (TPSA) is 47.1 Å². The van der Waals surface area contributed by atoms with E-state index in [0.717, 1.165) is 19.4 Å². The zero-order chi connectivity index (χ0) is 13.4. The minimum absolute atomic E-state index is 0.311. The van der Waals surface area contributed by atoms with Crippen molar-refractivity contribution in [3.63, 3.8) is 0 Å². The normalized spacial score (nSPS) is 25.8. The fourth-order valence-electron chi connectivity index (χ4n) is 3.38. The molecule has 2 aliphatic rings. The first-order chi connectivity index (χ1) is 9.13. The molecular formula is C15H26N4. The molecule has 2 N–H and O–H groups in total. The Balaban J connectivity index is 1.67. The van der Waals surface area contributed by atoms with Gasteiger partial charge in [-0.1, -0.05) is 0 Å². The molecule has 0 spiro atoms. The second kappa shape index (κ2) is 5.25. The number of hydrogen-bond donors (Lipinski definition) is 1. The van der Waals surface area contributed by atoms with Crippen LogP contribution in [0.15, 0.2) is 6.20 Å². The summed E-state index contributed by atoms with van der Waals surface area (Å²) in [5.74, 6) is 1.87. The van der Waals surface area contributed by atoms with Gasteiger partial charge in [0.05, 0.1) is 5.69 Å². The highest BCUT2D eigenvalue weighted by atomic mass is 15.2. The molecule has 1 aromatic heterocycles. The van der Waals surface area contributed by atoms with Gasteiger partial charge in [-0.2, -0.15) is 0 Å². The number of hydrogen-bond acceptors (Lipinski definition) is 3. The fourth-order valence-corrected chi connectivity index (χ4v) is 3.38. The molecule has 3 heterocycles. The van der Waals surface area contributed by atoms with E-state index in [4.69, 9.17) is 10.7 Å². The monoisotopic (exact) mass is 262 g/mol. The van der Waals surface area contributed by atoms with Gasteiger partial charge in [0.15, 0.2) is 0 Å². The average Bonchev–Trinajstić information content (AvgIpc) is 2.81. The molecule has 4 heteroatoms. The minimum Gasteiger partial charge on any atom is -0.335 e. The van der Waals surface area contributed by atoms with Crippen LogP contribution >= 0.6 is 0 Å². The van der Waals surface area contributed by atoms with Crippen molar-refractivity contribution in [2.75, 3.05) is 13.1 Å². The first kappa shape index (κ1) is 13.1.